The van der Waals surface area contributed by atoms with E-state index in [1.54, 1.807) is 12.3 Å². The molecular weight excluding hydrogens is 306 g/mol. The van der Waals surface area contributed by atoms with Crippen LogP contribution in [-0.4, -0.2) is 19.6 Å². The van der Waals surface area contributed by atoms with Gasteiger partial charge in [0.1, 0.15) is 4.90 Å². The van der Waals surface area contributed by atoms with E-state index >= 15 is 0 Å². The maximum Gasteiger partial charge on any atom is 0.242 e. The van der Waals surface area contributed by atoms with Crippen molar-refractivity contribution in [2.45, 2.75) is 69.9 Å². The SMILES string of the molecule is CCCC1CCC(NS(=O)(=O)c2c(C)csc2CO)CC1. The van der Waals surface area contributed by atoms with Gasteiger partial charge in [-0.05, 0) is 49.5 Å². The fourth-order valence-electron chi connectivity index (χ4n) is 3.21. The van der Waals surface area contributed by atoms with Crippen LogP contribution in [0.3, 0.4) is 0 Å². The van der Waals surface area contributed by atoms with Gasteiger partial charge in [-0.3, -0.25) is 0 Å². The highest BCUT2D eigenvalue weighted by molar-refractivity contribution is 7.89. The Bertz CT molecular complexity index is 557. The van der Waals surface area contributed by atoms with E-state index in [1.165, 1.54) is 24.2 Å². The van der Waals surface area contributed by atoms with Gasteiger partial charge in [0.25, 0.3) is 0 Å². The first-order valence-electron chi connectivity index (χ1n) is 7.68. The van der Waals surface area contributed by atoms with E-state index in [1.807, 2.05) is 0 Å². The van der Waals surface area contributed by atoms with Crippen molar-refractivity contribution in [1.29, 1.82) is 0 Å². The second-order valence-electron chi connectivity index (χ2n) is 5.96. The predicted molar refractivity (Wildman–Crippen MR) is 86.0 cm³/mol. The van der Waals surface area contributed by atoms with Crippen LogP contribution in [0, 0.1) is 12.8 Å². The molecular formula is C15H25NO3S2. The van der Waals surface area contributed by atoms with E-state index in [9.17, 15) is 13.5 Å². The van der Waals surface area contributed by atoms with Gasteiger partial charge in [-0.2, -0.15) is 0 Å². The number of thiophene rings is 1. The summed E-state index contributed by atoms with van der Waals surface area (Å²) in [5, 5.41) is 11.1. The van der Waals surface area contributed by atoms with Crippen molar-refractivity contribution in [2.75, 3.05) is 0 Å². The summed E-state index contributed by atoms with van der Waals surface area (Å²) >= 11 is 1.30. The van der Waals surface area contributed by atoms with Crippen molar-refractivity contribution in [3.8, 4) is 0 Å². The lowest BCUT2D eigenvalue weighted by atomic mass is 9.84. The van der Waals surface area contributed by atoms with E-state index in [-0.39, 0.29) is 17.5 Å². The number of sulfonamides is 1. The van der Waals surface area contributed by atoms with E-state index in [0.29, 0.717) is 4.88 Å². The van der Waals surface area contributed by atoms with Crippen LogP contribution in [0.25, 0.3) is 0 Å². The van der Waals surface area contributed by atoms with Crippen molar-refractivity contribution in [3.05, 3.63) is 15.8 Å². The lowest BCUT2D eigenvalue weighted by Crippen LogP contribution is -2.38. The van der Waals surface area contributed by atoms with Gasteiger partial charge in [-0.1, -0.05) is 19.8 Å². The second kappa shape index (κ2) is 7.22. The number of hydrogen-bond acceptors (Lipinski definition) is 4. The summed E-state index contributed by atoms with van der Waals surface area (Å²) in [5.41, 5.74) is 0.719. The Balaban J connectivity index is 2.04. The van der Waals surface area contributed by atoms with Crippen molar-refractivity contribution >= 4 is 21.4 Å². The Morgan fingerprint density at radius 2 is 2.00 bits per heavy atom. The Kier molecular flexibility index (Phi) is 5.82. The van der Waals surface area contributed by atoms with Crippen LogP contribution in [0.2, 0.25) is 0 Å². The number of aryl methyl sites for hydroxylation is 1. The third kappa shape index (κ3) is 4.06. The van der Waals surface area contributed by atoms with Crippen LogP contribution in [0.15, 0.2) is 10.3 Å². The quantitative estimate of drug-likeness (QED) is 0.841. The number of aliphatic hydroxyl groups is 1. The molecule has 21 heavy (non-hydrogen) atoms. The van der Waals surface area contributed by atoms with Crippen molar-refractivity contribution < 1.29 is 13.5 Å². The summed E-state index contributed by atoms with van der Waals surface area (Å²) < 4.78 is 28.0. The van der Waals surface area contributed by atoms with E-state index in [2.05, 4.69) is 11.6 Å². The van der Waals surface area contributed by atoms with Crippen molar-refractivity contribution in [1.82, 2.24) is 4.72 Å². The molecule has 4 nitrogen and oxygen atoms in total. The number of nitrogens with one attached hydrogen (secondary N) is 1. The molecule has 1 saturated carbocycles. The third-order valence-electron chi connectivity index (χ3n) is 4.27. The van der Waals surface area contributed by atoms with Gasteiger partial charge in [0.05, 0.1) is 11.5 Å². The lowest BCUT2D eigenvalue weighted by Gasteiger charge is -2.28. The van der Waals surface area contributed by atoms with Crippen molar-refractivity contribution in [3.63, 3.8) is 0 Å². The Labute approximate surface area is 131 Å². The molecule has 6 heteroatoms. The first-order chi connectivity index (χ1) is 9.97. The molecule has 0 unspecified atom stereocenters. The number of aliphatic hydroxyl groups excluding tert-OH is 1. The molecule has 0 aliphatic heterocycles. The molecule has 1 heterocycles. The fraction of sp³-hybridized carbons (Fsp3) is 0.733. The minimum absolute atomic E-state index is 0.0361. The molecule has 0 amide bonds. The van der Waals surface area contributed by atoms with Gasteiger partial charge in [0.15, 0.2) is 0 Å². The highest BCUT2D eigenvalue weighted by Gasteiger charge is 2.28. The van der Waals surface area contributed by atoms with Crippen LogP contribution < -0.4 is 4.72 Å². The monoisotopic (exact) mass is 331 g/mol. The minimum Gasteiger partial charge on any atom is -0.391 e. The van der Waals surface area contributed by atoms with E-state index in [4.69, 9.17) is 0 Å². The summed E-state index contributed by atoms with van der Waals surface area (Å²) in [4.78, 5) is 0.811. The lowest BCUT2D eigenvalue weighted by molar-refractivity contribution is 0.282. The summed E-state index contributed by atoms with van der Waals surface area (Å²) in [6, 6.07) is 0.0361. The van der Waals surface area contributed by atoms with Crippen molar-refractivity contribution in [2.24, 2.45) is 5.92 Å². The molecule has 1 aliphatic rings. The van der Waals surface area contributed by atoms with E-state index in [0.717, 1.165) is 37.2 Å². The molecule has 2 rings (SSSR count). The molecule has 0 bridgehead atoms. The fourth-order valence-corrected chi connectivity index (χ4v) is 6.18. The van der Waals surface area contributed by atoms with Gasteiger partial charge in [-0.15, -0.1) is 11.3 Å². The van der Waals surface area contributed by atoms with Crippen LogP contribution in [0.4, 0.5) is 0 Å². The van der Waals surface area contributed by atoms with Crippen LogP contribution in [0.1, 0.15) is 55.9 Å². The average Bonchev–Trinajstić information content (AvgIpc) is 2.83. The van der Waals surface area contributed by atoms with Gasteiger partial charge in [0.2, 0.25) is 10.0 Å². The maximum absolute atomic E-state index is 12.6. The van der Waals surface area contributed by atoms with Crippen LogP contribution in [-0.2, 0) is 16.6 Å². The molecule has 1 aliphatic carbocycles. The van der Waals surface area contributed by atoms with Gasteiger partial charge < -0.3 is 5.11 Å². The second-order valence-corrected chi connectivity index (χ2v) is 8.57. The molecule has 0 saturated heterocycles. The number of hydrogen-bond donors (Lipinski definition) is 2. The van der Waals surface area contributed by atoms with Gasteiger partial charge in [-0.25, -0.2) is 13.1 Å². The molecule has 0 spiro atoms. The molecule has 120 valence electrons. The smallest absolute Gasteiger partial charge is 0.242 e. The largest absolute Gasteiger partial charge is 0.391 e. The van der Waals surface area contributed by atoms with E-state index < -0.39 is 10.0 Å². The highest BCUT2D eigenvalue weighted by Crippen LogP contribution is 2.31. The zero-order valence-electron chi connectivity index (χ0n) is 12.8. The maximum atomic E-state index is 12.6. The molecule has 0 aromatic carbocycles. The summed E-state index contributed by atoms with van der Waals surface area (Å²) in [5.74, 6) is 0.756. The van der Waals surface area contributed by atoms with Gasteiger partial charge >= 0.3 is 0 Å². The average molecular weight is 332 g/mol. The zero-order valence-corrected chi connectivity index (χ0v) is 14.4. The molecule has 2 N–H and O–H groups in total. The minimum atomic E-state index is -3.52. The normalized spacial score (nSPS) is 23.4. The zero-order chi connectivity index (χ0) is 15.5. The van der Waals surface area contributed by atoms with Crippen LogP contribution >= 0.6 is 11.3 Å². The highest BCUT2D eigenvalue weighted by atomic mass is 32.2. The molecule has 0 radical (unpaired) electrons. The Hall–Kier alpha value is -0.430. The first-order valence-corrected chi connectivity index (χ1v) is 10.0. The van der Waals surface area contributed by atoms with Crippen LogP contribution in [0.5, 0.6) is 0 Å². The molecule has 1 fully saturated rings. The van der Waals surface area contributed by atoms with Gasteiger partial charge in [0, 0.05) is 6.04 Å². The Morgan fingerprint density at radius 1 is 1.33 bits per heavy atom. The summed E-state index contributed by atoms with van der Waals surface area (Å²) in [6.07, 6.45) is 6.50. The Morgan fingerprint density at radius 3 is 2.57 bits per heavy atom. The third-order valence-corrected chi connectivity index (χ3v) is 7.24. The first kappa shape index (κ1) is 16.9. The standard InChI is InChI=1S/C15H25NO3S2/c1-3-4-12-5-7-13(8-6-12)16-21(18,19)15-11(2)10-20-14(15)9-17/h10,12-13,16-17H,3-9H2,1-2H3. The molecule has 1 aromatic rings. The summed E-state index contributed by atoms with van der Waals surface area (Å²) in [6.45, 7) is 3.75. The molecule has 0 atom stereocenters. The topological polar surface area (TPSA) is 66.4 Å². The summed E-state index contributed by atoms with van der Waals surface area (Å²) in [7, 11) is -3.52. The predicted octanol–water partition coefficient (Wildman–Crippen LogP) is 3.19. The molecule has 1 aromatic heterocycles. The number of rotatable bonds is 6.